The fourth-order valence-corrected chi connectivity index (χ4v) is 4.06. The van der Waals surface area contributed by atoms with Gasteiger partial charge in [-0.3, -0.25) is 4.99 Å². The lowest BCUT2D eigenvalue weighted by atomic mass is 9.93. The van der Waals surface area contributed by atoms with Crippen molar-refractivity contribution < 1.29 is 18.3 Å². The zero-order chi connectivity index (χ0) is 14.3. The molecular weight excluding hydrogens is 287 g/mol. The molecule has 0 aromatic heterocycles. The van der Waals surface area contributed by atoms with Gasteiger partial charge < -0.3 is 5.11 Å². The molecule has 3 unspecified atom stereocenters. The highest BCUT2D eigenvalue weighted by atomic mass is 32.2. The Labute approximate surface area is 119 Å². The number of fused-ring (bicyclic) bond motifs is 1. The van der Waals surface area contributed by atoms with Crippen molar-refractivity contribution >= 4 is 16.8 Å². The Morgan fingerprint density at radius 3 is 2.50 bits per heavy atom. The van der Waals surface area contributed by atoms with Crippen molar-refractivity contribution in [3.8, 4) is 0 Å². The molecular formula is C14H14F3NOS. The van der Waals surface area contributed by atoms with Gasteiger partial charge in [0.2, 0.25) is 0 Å². The molecule has 1 aromatic rings. The molecule has 3 atom stereocenters. The van der Waals surface area contributed by atoms with Gasteiger partial charge in [-0.1, -0.05) is 12.1 Å². The number of nitrogens with zero attached hydrogens (tertiary/aromatic N) is 1. The van der Waals surface area contributed by atoms with E-state index in [1.165, 1.54) is 12.1 Å². The van der Waals surface area contributed by atoms with E-state index in [0.717, 1.165) is 35.6 Å². The summed E-state index contributed by atoms with van der Waals surface area (Å²) in [6.07, 6.45) is -2.26. The average Bonchev–Trinajstić information content (AvgIpc) is 2.80. The lowest BCUT2D eigenvalue weighted by Gasteiger charge is -2.26. The van der Waals surface area contributed by atoms with Gasteiger partial charge >= 0.3 is 6.18 Å². The lowest BCUT2D eigenvalue weighted by Crippen LogP contribution is -2.30. The van der Waals surface area contributed by atoms with Gasteiger partial charge in [0, 0.05) is 10.8 Å². The molecule has 0 spiro atoms. The summed E-state index contributed by atoms with van der Waals surface area (Å²) in [6.45, 7) is 0. The SMILES string of the molecule is OC1CCC2N=C(c3ccc(C(F)(F)F)cc3)SC2C1. The molecule has 1 aromatic carbocycles. The van der Waals surface area contributed by atoms with E-state index in [4.69, 9.17) is 0 Å². The van der Waals surface area contributed by atoms with Crippen molar-refractivity contribution in [3.63, 3.8) is 0 Å². The maximum atomic E-state index is 12.5. The molecule has 1 aliphatic carbocycles. The van der Waals surface area contributed by atoms with Gasteiger partial charge in [0.25, 0.3) is 0 Å². The first kappa shape index (κ1) is 13.9. The third-order valence-electron chi connectivity index (χ3n) is 3.73. The molecule has 2 nitrogen and oxygen atoms in total. The molecule has 1 saturated carbocycles. The Morgan fingerprint density at radius 1 is 1.15 bits per heavy atom. The summed E-state index contributed by atoms with van der Waals surface area (Å²) in [4.78, 5) is 4.59. The monoisotopic (exact) mass is 301 g/mol. The number of thioether (sulfide) groups is 1. The van der Waals surface area contributed by atoms with Crippen molar-refractivity contribution in [1.82, 2.24) is 0 Å². The first-order valence-corrected chi connectivity index (χ1v) is 7.41. The van der Waals surface area contributed by atoms with Crippen LogP contribution in [0.25, 0.3) is 0 Å². The smallest absolute Gasteiger partial charge is 0.393 e. The second-order valence-corrected chi connectivity index (χ2v) is 6.43. The van der Waals surface area contributed by atoms with Crippen LogP contribution < -0.4 is 0 Å². The number of rotatable bonds is 1. The maximum Gasteiger partial charge on any atom is 0.416 e. The molecule has 0 saturated heterocycles. The number of halogens is 3. The standard InChI is InChI=1S/C14H14F3NOS/c15-14(16,17)9-3-1-8(2-4-9)13-18-11-6-5-10(19)7-12(11)20-13/h1-4,10-12,19H,5-7H2. The third-order valence-corrected chi connectivity index (χ3v) is 5.11. The number of hydrogen-bond acceptors (Lipinski definition) is 3. The molecule has 0 amide bonds. The Balaban J connectivity index is 1.77. The normalized spacial score (nSPS) is 30.0. The second-order valence-electron chi connectivity index (χ2n) is 5.20. The van der Waals surface area contributed by atoms with Gasteiger partial charge in [-0.25, -0.2) is 0 Å². The summed E-state index contributed by atoms with van der Waals surface area (Å²) >= 11 is 1.57. The largest absolute Gasteiger partial charge is 0.416 e. The summed E-state index contributed by atoms with van der Waals surface area (Å²) in [7, 11) is 0. The summed E-state index contributed by atoms with van der Waals surface area (Å²) in [5.74, 6) is 0. The minimum atomic E-state index is -4.30. The fraction of sp³-hybridized carbons (Fsp3) is 0.500. The van der Waals surface area contributed by atoms with Gasteiger partial charge in [0.15, 0.2) is 0 Å². The predicted octanol–water partition coefficient (Wildman–Crippen LogP) is 3.48. The predicted molar refractivity (Wildman–Crippen MR) is 73.0 cm³/mol. The zero-order valence-electron chi connectivity index (χ0n) is 10.6. The lowest BCUT2D eigenvalue weighted by molar-refractivity contribution is -0.137. The topological polar surface area (TPSA) is 32.6 Å². The van der Waals surface area contributed by atoms with E-state index >= 15 is 0 Å². The number of benzene rings is 1. The first-order chi connectivity index (χ1) is 9.43. The highest BCUT2D eigenvalue weighted by Crippen LogP contribution is 2.39. The van der Waals surface area contributed by atoms with Crippen LogP contribution in [0.4, 0.5) is 13.2 Å². The van der Waals surface area contributed by atoms with Crippen LogP contribution in [0.3, 0.4) is 0 Å². The van der Waals surface area contributed by atoms with Gasteiger partial charge in [-0.15, -0.1) is 11.8 Å². The average molecular weight is 301 g/mol. The first-order valence-electron chi connectivity index (χ1n) is 6.53. The quantitative estimate of drug-likeness (QED) is 0.861. The molecule has 0 radical (unpaired) electrons. The van der Waals surface area contributed by atoms with Gasteiger partial charge in [0.1, 0.15) is 0 Å². The molecule has 108 valence electrons. The molecule has 1 aliphatic heterocycles. The molecule has 1 fully saturated rings. The van der Waals surface area contributed by atoms with Crippen molar-refractivity contribution in [2.24, 2.45) is 4.99 Å². The molecule has 20 heavy (non-hydrogen) atoms. The summed E-state index contributed by atoms with van der Waals surface area (Å²) in [5.41, 5.74) is 0.0876. The van der Waals surface area contributed by atoms with Crippen molar-refractivity contribution in [3.05, 3.63) is 35.4 Å². The Kier molecular flexibility index (Phi) is 3.54. The molecule has 1 N–H and O–H groups in total. The molecule has 0 bridgehead atoms. The number of alkyl halides is 3. The van der Waals surface area contributed by atoms with Crippen LogP contribution in [0.1, 0.15) is 30.4 Å². The second kappa shape index (κ2) is 5.07. The Hall–Kier alpha value is -1.01. The van der Waals surface area contributed by atoms with E-state index in [0.29, 0.717) is 6.42 Å². The number of aliphatic hydroxyl groups is 1. The zero-order valence-corrected chi connectivity index (χ0v) is 11.4. The van der Waals surface area contributed by atoms with Crippen LogP contribution in [0.5, 0.6) is 0 Å². The van der Waals surface area contributed by atoms with Gasteiger partial charge in [0.05, 0.1) is 22.8 Å². The summed E-state index contributed by atoms with van der Waals surface area (Å²) in [6, 6.07) is 5.33. The minimum absolute atomic E-state index is 0.195. The summed E-state index contributed by atoms with van der Waals surface area (Å²) < 4.78 is 37.6. The van der Waals surface area contributed by atoms with Crippen molar-refractivity contribution in [2.75, 3.05) is 0 Å². The van der Waals surface area contributed by atoms with Gasteiger partial charge in [-0.2, -0.15) is 13.2 Å². The minimum Gasteiger partial charge on any atom is -0.393 e. The Morgan fingerprint density at radius 2 is 1.85 bits per heavy atom. The van der Waals surface area contributed by atoms with Crippen LogP contribution in [0, 0.1) is 0 Å². The summed E-state index contributed by atoms with van der Waals surface area (Å²) in [5, 5.41) is 10.7. The number of hydrogen-bond donors (Lipinski definition) is 1. The molecule has 3 rings (SSSR count). The van der Waals surface area contributed by atoms with E-state index in [1.54, 1.807) is 11.8 Å². The van der Waals surface area contributed by atoms with Crippen molar-refractivity contribution in [1.29, 1.82) is 0 Å². The van der Waals surface area contributed by atoms with Crippen LogP contribution in [0.2, 0.25) is 0 Å². The van der Waals surface area contributed by atoms with E-state index in [-0.39, 0.29) is 17.4 Å². The van der Waals surface area contributed by atoms with Crippen LogP contribution in [0.15, 0.2) is 29.3 Å². The molecule has 2 aliphatic rings. The van der Waals surface area contributed by atoms with Crippen molar-refractivity contribution in [2.45, 2.75) is 42.8 Å². The fourth-order valence-electron chi connectivity index (χ4n) is 2.64. The number of aliphatic hydroxyl groups excluding tert-OH is 1. The Bertz CT molecular complexity index is 526. The van der Waals surface area contributed by atoms with Crippen LogP contribution >= 0.6 is 11.8 Å². The highest BCUT2D eigenvalue weighted by Gasteiger charge is 2.36. The van der Waals surface area contributed by atoms with E-state index in [9.17, 15) is 18.3 Å². The highest BCUT2D eigenvalue weighted by molar-refractivity contribution is 8.15. The third kappa shape index (κ3) is 2.72. The van der Waals surface area contributed by atoms with E-state index in [1.807, 2.05) is 0 Å². The van der Waals surface area contributed by atoms with E-state index in [2.05, 4.69) is 4.99 Å². The maximum absolute atomic E-state index is 12.5. The van der Waals surface area contributed by atoms with Gasteiger partial charge in [-0.05, 0) is 31.4 Å². The van der Waals surface area contributed by atoms with Crippen LogP contribution in [-0.4, -0.2) is 27.5 Å². The number of aliphatic imine (C=N–C) groups is 1. The molecule has 6 heteroatoms. The van der Waals surface area contributed by atoms with Crippen LogP contribution in [-0.2, 0) is 6.18 Å². The molecule has 1 heterocycles. The van der Waals surface area contributed by atoms with E-state index < -0.39 is 11.7 Å².